The number of hydrogen-bond donors (Lipinski definition) is 2. The van der Waals surface area contributed by atoms with Crippen molar-refractivity contribution in [2.45, 2.75) is 32.9 Å². The van der Waals surface area contributed by atoms with Gasteiger partial charge in [-0.1, -0.05) is 20.3 Å². The van der Waals surface area contributed by atoms with Gasteiger partial charge >= 0.3 is 0 Å². The number of piperazine rings is 1. The fourth-order valence-corrected chi connectivity index (χ4v) is 2.64. The van der Waals surface area contributed by atoms with Crippen molar-refractivity contribution in [3.05, 3.63) is 23.7 Å². The molecular formula is C14H24N2O2. The molecule has 2 rings (SSSR count). The second-order valence-electron chi connectivity index (χ2n) is 5.08. The molecule has 1 aromatic heterocycles. The highest BCUT2D eigenvalue weighted by Crippen LogP contribution is 2.32. The lowest BCUT2D eigenvalue weighted by Crippen LogP contribution is -2.46. The van der Waals surface area contributed by atoms with Crippen molar-refractivity contribution in [2.24, 2.45) is 5.92 Å². The van der Waals surface area contributed by atoms with Crippen LogP contribution < -0.4 is 5.32 Å². The Morgan fingerprint density at radius 1 is 1.39 bits per heavy atom. The summed E-state index contributed by atoms with van der Waals surface area (Å²) in [4.78, 5) is 2.49. The van der Waals surface area contributed by atoms with Crippen LogP contribution >= 0.6 is 0 Å². The van der Waals surface area contributed by atoms with Gasteiger partial charge in [0.15, 0.2) is 0 Å². The Kier molecular flexibility index (Phi) is 4.80. The van der Waals surface area contributed by atoms with Gasteiger partial charge in [0.05, 0.1) is 6.04 Å². The molecule has 1 fully saturated rings. The molecule has 2 heterocycles. The molecule has 18 heavy (non-hydrogen) atoms. The summed E-state index contributed by atoms with van der Waals surface area (Å²) < 4.78 is 5.76. The first kappa shape index (κ1) is 13.6. The quantitative estimate of drug-likeness (QED) is 0.838. The molecule has 2 atom stereocenters. The Morgan fingerprint density at radius 3 is 2.67 bits per heavy atom. The lowest BCUT2D eigenvalue weighted by atomic mass is 9.95. The standard InChI is InChI=1S/C14H24N2O2/c1-3-11(2)14(16-8-6-15-7-9-16)13-5-4-12(10-17)18-13/h4-5,11,14-15,17H,3,6-10H2,1-2H3/t11?,14-/m1/s1. The molecule has 0 amide bonds. The molecule has 1 saturated heterocycles. The minimum Gasteiger partial charge on any atom is -0.462 e. The normalized spacial score (nSPS) is 20.8. The van der Waals surface area contributed by atoms with Gasteiger partial charge in [0, 0.05) is 26.2 Å². The van der Waals surface area contributed by atoms with Gasteiger partial charge in [-0.05, 0) is 18.1 Å². The summed E-state index contributed by atoms with van der Waals surface area (Å²) in [5.74, 6) is 2.21. The maximum atomic E-state index is 9.12. The van der Waals surface area contributed by atoms with Crippen LogP contribution in [0.3, 0.4) is 0 Å². The van der Waals surface area contributed by atoms with E-state index in [9.17, 15) is 0 Å². The highest BCUT2D eigenvalue weighted by atomic mass is 16.4. The monoisotopic (exact) mass is 252 g/mol. The average molecular weight is 252 g/mol. The van der Waals surface area contributed by atoms with Gasteiger partial charge in [-0.25, -0.2) is 0 Å². The Hall–Kier alpha value is -0.840. The van der Waals surface area contributed by atoms with Gasteiger partial charge in [0.1, 0.15) is 18.1 Å². The molecule has 1 unspecified atom stereocenters. The predicted octanol–water partition coefficient (Wildman–Crippen LogP) is 1.76. The summed E-state index contributed by atoms with van der Waals surface area (Å²) in [7, 11) is 0. The summed E-state index contributed by atoms with van der Waals surface area (Å²) in [6, 6.07) is 4.23. The zero-order chi connectivity index (χ0) is 13.0. The fourth-order valence-electron chi connectivity index (χ4n) is 2.64. The van der Waals surface area contributed by atoms with Crippen LogP contribution in [0.25, 0.3) is 0 Å². The van der Waals surface area contributed by atoms with E-state index in [1.165, 1.54) is 0 Å². The number of aliphatic hydroxyl groups is 1. The molecule has 2 N–H and O–H groups in total. The van der Waals surface area contributed by atoms with Crippen molar-refractivity contribution in [3.63, 3.8) is 0 Å². The molecule has 1 aliphatic rings. The van der Waals surface area contributed by atoms with Crippen molar-refractivity contribution in [3.8, 4) is 0 Å². The smallest absolute Gasteiger partial charge is 0.129 e. The molecule has 1 aliphatic heterocycles. The van der Waals surface area contributed by atoms with E-state index in [-0.39, 0.29) is 6.61 Å². The Bertz CT molecular complexity index is 358. The summed E-state index contributed by atoms with van der Waals surface area (Å²) in [6.07, 6.45) is 1.13. The maximum absolute atomic E-state index is 9.12. The van der Waals surface area contributed by atoms with E-state index >= 15 is 0 Å². The van der Waals surface area contributed by atoms with E-state index in [4.69, 9.17) is 9.52 Å². The molecule has 0 radical (unpaired) electrons. The number of aliphatic hydroxyl groups excluding tert-OH is 1. The predicted molar refractivity (Wildman–Crippen MR) is 71.3 cm³/mol. The molecule has 4 heteroatoms. The van der Waals surface area contributed by atoms with Crippen LogP contribution in [0.4, 0.5) is 0 Å². The zero-order valence-corrected chi connectivity index (χ0v) is 11.4. The molecule has 0 bridgehead atoms. The number of nitrogens with one attached hydrogen (secondary N) is 1. The molecule has 1 aromatic rings. The van der Waals surface area contributed by atoms with E-state index in [0.717, 1.165) is 38.4 Å². The van der Waals surface area contributed by atoms with Gasteiger partial charge in [-0.2, -0.15) is 0 Å². The van der Waals surface area contributed by atoms with Crippen LogP contribution in [0.5, 0.6) is 0 Å². The summed E-state index contributed by atoms with van der Waals surface area (Å²) in [5.41, 5.74) is 0. The summed E-state index contributed by atoms with van der Waals surface area (Å²) >= 11 is 0. The van der Waals surface area contributed by atoms with Gasteiger partial charge in [0.2, 0.25) is 0 Å². The molecule has 0 spiro atoms. The zero-order valence-electron chi connectivity index (χ0n) is 11.4. The largest absolute Gasteiger partial charge is 0.462 e. The topological polar surface area (TPSA) is 48.6 Å². The third-order valence-electron chi connectivity index (χ3n) is 3.86. The number of rotatable bonds is 5. The van der Waals surface area contributed by atoms with E-state index in [1.54, 1.807) is 0 Å². The number of nitrogens with zero attached hydrogens (tertiary/aromatic N) is 1. The van der Waals surface area contributed by atoms with Crippen LogP contribution in [-0.4, -0.2) is 36.2 Å². The Labute approximate surface area is 109 Å². The average Bonchev–Trinajstić information content (AvgIpc) is 2.88. The summed E-state index contributed by atoms with van der Waals surface area (Å²) in [5, 5.41) is 12.5. The van der Waals surface area contributed by atoms with E-state index in [0.29, 0.717) is 17.7 Å². The van der Waals surface area contributed by atoms with Crippen molar-refractivity contribution in [1.29, 1.82) is 0 Å². The van der Waals surface area contributed by atoms with Gasteiger partial charge < -0.3 is 14.8 Å². The van der Waals surface area contributed by atoms with Crippen LogP contribution in [0.15, 0.2) is 16.5 Å². The van der Waals surface area contributed by atoms with Gasteiger partial charge in [-0.3, -0.25) is 4.90 Å². The third kappa shape index (κ3) is 2.94. The van der Waals surface area contributed by atoms with E-state index < -0.39 is 0 Å². The van der Waals surface area contributed by atoms with Crippen molar-refractivity contribution < 1.29 is 9.52 Å². The molecule has 0 saturated carbocycles. The SMILES string of the molecule is CCC(C)[C@H](c1ccc(CO)o1)N1CCNCC1. The Morgan fingerprint density at radius 2 is 2.11 bits per heavy atom. The first-order valence-electron chi connectivity index (χ1n) is 6.90. The Balaban J connectivity index is 2.17. The van der Waals surface area contributed by atoms with Crippen molar-refractivity contribution >= 4 is 0 Å². The minimum atomic E-state index is -0.0191. The van der Waals surface area contributed by atoms with E-state index in [1.807, 2.05) is 12.1 Å². The lowest BCUT2D eigenvalue weighted by molar-refractivity contribution is 0.107. The first-order chi connectivity index (χ1) is 8.76. The van der Waals surface area contributed by atoms with Crippen LogP contribution in [-0.2, 0) is 6.61 Å². The second-order valence-corrected chi connectivity index (χ2v) is 5.08. The molecule has 4 nitrogen and oxygen atoms in total. The second kappa shape index (κ2) is 6.36. The van der Waals surface area contributed by atoms with Crippen LogP contribution in [0.1, 0.15) is 37.8 Å². The molecular weight excluding hydrogens is 228 g/mol. The number of furan rings is 1. The summed E-state index contributed by atoms with van der Waals surface area (Å²) in [6.45, 7) is 8.67. The van der Waals surface area contributed by atoms with E-state index in [2.05, 4.69) is 24.1 Å². The fraction of sp³-hybridized carbons (Fsp3) is 0.714. The number of hydrogen-bond acceptors (Lipinski definition) is 4. The highest BCUT2D eigenvalue weighted by Gasteiger charge is 2.28. The maximum Gasteiger partial charge on any atom is 0.129 e. The van der Waals surface area contributed by atoms with Gasteiger partial charge in [-0.15, -0.1) is 0 Å². The molecule has 0 aromatic carbocycles. The lowest BCUT2D eigenvalue weighted by Gasteiger charge is -2.36. The first-order valence-corrected chi connectivity index (χ1v) is 6.90. The van der Waals surface area contributed by atoms with Crippen LogP contribution in [0.2, 0.25) is 0 Å². The molecule has 0 aliphatic carbocycles. The van der Waals surface area contributed by atoms with Crippen molar-refractivity contribution in [1.82, 2.24) is 10.2 Å². The minimum absolute atomic E-state index is 0.0191. The van der Waals surface area contributed by atoms with Crippen molar-refractivity contribution in [2.75, 3.05) is 26.2 Å². The molecule has 102 valence electrons. The van der Waals surface area contributed by atoms with Crippen LogP contribution in [0, 0.1) is 5.92 Å². The third-order valence-corrected chi connectivity index (χ3v) is 3.86. The van der Waals surface area contributed by atoms with Gasteiger partial charge in [0.25, 0.3) is 0 Å². The highest BCUT2D eigenvalue weighted by molar-refractivity contribution is 5.11.